The number of likely N-dealkylation sites (N-methyl/N-ethyl adjacent to an activating group) is 1. The van der Waals surface area contributed by atoms with Crippen molar-refractivity contribution in [2.75, 3.05) is 20.8 Å². The molecule has 0 bridgehead atoms. The zero-order chi connectivity index (χ0) is 27.3. The van der Waals surface area contributed by atoms with Crippen LogP contribution in [0.1, 0.15) is 135 Å². The third kappa shape index (κ3) is 14.0. The van der Waals surface area contributed by atoms with Gasteiger partial charge in [0.15, 0.2) is 5.78 Å². The molecule has 0 aromatic heterocycles. The number of hydrogen-bond acceptors (Lipinski definition) is 6. The summed E-state index contributed by atoms with van der Waals surface area (Å²) in [4.78, 5) is 37.7. The number of hydrogen-bond donors (Lipinski definition) is 2. The molecule has 7 nitrogen and oxygen atoms in total. The molecular formula is C30H53NO6. The van der Waals surface area contributed by atoms with Gasteiger partial charge in [0, 0.05) is 20.1 Å². The number of Topliss-reactive ketones (excluding diaryl/α,β-unsaturated/α-hetero) is 1. The lowest BCUT2D eigenvalue weighted by Gasteiger charge is -2.19. The molecule has 0 spiro atoms. The molecule has 0 fully saturated rings. The molecule has 0 saturated carbocycles. The van der Waals surface area contributed by atoms with E-state index in [-0.39, 0.29) is 30.0 Å². The Balaban J connectivity index is 1.96. The van der Waals surface area contributed by atoms with E-state index in [2.05, 4.69) is 4.74 Å². The number of methoxy groups -OCH3 is 1. The molecule has 1 amide bonds. The Labute approximate surface area is 225 Å². The van der Waals surface area contributed by atoms with E-state index in [0.717, 1.165) is 19.3 Å². The fourth-order valence-electron chi connectivity index (χ4n) is 5.04. The van der Waals surface area contributed by atoms with Gasteiger partial charge in [0.25, 0.3) is 5.91 Å². The fourth-order valence-corrected chi connectivity index (χ4v) is 5.04. The van der Waals surface area contributed by atoms with Crippen LogP contribution in [-0.4, -0.2) is 59.6 Å². The van der Waals surface area contributed by atoms with E-state index in [1.165, 1.54) is 115 Å². The van der Waals surface area contributed by atoms with Crippen LogP contribution in [0, 0.1) is 0 Å². The molecule has 0 radical (unpaired) electrons. The Bertz CT molecular complexity index is 690. The third-order valence-corrected chi connectivity index (χ3v) is 7.50. The molecule has 0 saturated heterocycles. The number of unbranched alkanes of at least 4 members (excludes halogenated alkanes) is 18. The number of nitrogens with zero attached hydrogens (tertiary/aromatic N) is 1. The van der Waals surface area contributed by atoms with Gasteiger partial charge in [-0.1, -0.05) is 109 Å². The Morgan fingerprint density at radius 1 is 0.730 bits per heavy atom. The molecule has 1 atom stereocenters. The number of esters is 1. The summed E-state index contributed by atoms with van der Waals surface area (Å²) in [6, 6.07) is -0.817. The fraction of sp³-hybridized carbons (Fsp3) is 0.833. The summed E-state index contributed by atoms with van der Waals surface area (Å²) < 4.78 is 4.61. The summed E-state index contributed by atoms with van der Waals surface area (Å²) in [5.41, 5.74) is -0.165. The molecule has 37 heavy (non-hydrogen) atoms. The number of carbonyl (C=O) groups is 3. The van der Waals surface area contributed by atoms with E-state index in [0.29, 0.717) is 13.0 Å². The van der Waals surface area contributed by atoms with E-state index >= 15 is 0 Å². The van der Waals surface area contributed by atoms with Crippen molar-refractivity contribution in [1.82, 2.24) is 4.90 Å². The van der Waals surface area contributed by atoms with Gasteiger partial charge in [-0.05, 0) is 12.8 Å². The first-order valence-corrected chi connectivity index (χ1v) is 14.8. The van der Waals surface area contributed by atoms with Crippen LogP contribution in [0.4, 0.5) is 0 Å². The van der Waals surface area contributed by atoms with Crippen LogP contribution in [0.2, 0.25) is 0 Å². The topological polar surface area (TPSA) is 104 Å². The minimum Gasteiger partial charge on any atom is -0.509 e. The molecule has 0 aromatic carbocycles. The zero-order valence-corrected chi connectivity index (χ0v) is 23.6. The lowest BCUT2D eigenvalue weighted by atomic mass is 10.0. The van der Waals surface area contributed by atoms with E-state index in [1.807, 2.05) is 0 Å². The molecule has 0 aliphatic carbocycles. The van der Waals surface area contributed by atoms with Crippen molar-refractivity contribution in [2.45, 2.75) is 141 Å². The molecule has 1 rings (SSSR count). The second-order valence-corrected chi connectivity index (χ2v) is 10.6. The first-order chi connectivity index (χ1) is 17.9. The number of ether oxygens (including phenoxy) is 1. The van der Waals surface area contributed by atoms with Crippen LogP contribution in [-0.2, 0) is 19.1 Å². The maximum atomic E-state index is 12.5. The zero-order valence-electron chi connectivity index (χ0n) is 23.6. The highest BCUT2D eigenvalue weighted by atomic mass is 16.5. The smallest absolute Gasteiger partial charge is 0.308 e. The normalized spacial score (nSPS) is 15.6. The summed E-state index contributed by atoms with van der Waals surface area (Å²) >= 11 is 0. The van der Waals surface area contributed by atoms with Gasteiger partial charge in [-0.3, -0.25) is 14.4 Å². The van der Waals surface area contributed by atoms with Crippen LogP contribution < -0.4 is 0 Å². The highest BCUT2D eigenvalue weighted by Crippen LogP contribution is 2.27. The van der Waals surface area contributed by atoms with Crippen molar-refractivity contribution in [3.8, 4) is 0 Å². The lowest BCUT2D eigenvalue weighted by Crippen LogP contribution is -2.34. The number of aliphatic hydroxyl groups is 2. The number of aliphatic hydroxyl groups excluding tert-OH is 2. The molecule has 0 unspecified atom stereocenters. The molecule has 2 N–H and O–H groups in total. The lowest BCUT2D eigenvalue weighted by molar-refractivity contribution is -0.142. The first kappa shape index (κ1) is 33.1. The highest BCUT2D eigenvalue weighted by Gasteiger charge is 2.41. The van der Waals surface area contributed by atoms with Gasteiger partial charge in [0.1, 0.15) is 17.4 Å². The van der Waals surface area contributed by atoms with E-state index in [9.17, 15) is 19.5 Å². The maximum absolute atomic E-state index is 12.5. The number of amides is 1. The average Bonchev–Trinajstić information content (AvgIpc) is 3.10. The van der Waals surface area contributed by atoms with Crippen LogP contribution >= 0.6 is 0 Å². The maximum Gasteiger partial charge on any atom is 0.308 e. The van der Waals surface area contributed by atoms with Crippen LogP contribution in [0.5, 0.6) is 0 Å². The highest BCUT2D eigenvalue weighted by molar-refractivity contribution is 6.21. The van der Waals surface area contributed by atoms with Crippen molar-refractivity contribution < 1.29 is 29.3 Å². The molecular weight excluding hydrogens is 470 g/mol. The predicted octanol–water partition coefficient (Wildman–Crippen LogP) is 6.57. The van der Waals surface area contributed by atoms with E-state index in [4.69, 9.17) is 5.11 Å². The Morgan fingerprint density at radius 3 is 1.49 bits per heavy atom. The van der Waals surface area contributed by atoms with E-state index < -0.39 is 17.9 Å². The SMILES string of the molecule is COC(=O)C[C@@H]1C(O)=C(C(=O)CCCCCCCCCCCCCCCCCCCCCO)C(=O)N1C. The Kier molecular flexibility index (Phi) is 18.9. The summed E-state index contributed by atoms with van der Waals surface area (Å²) in [6.45, 7) is 0.336. The molecule has 214 valence electrons. The van der Waals surface area contributed by atoms with Crippen LogP contribution in [0.3, 0.4) is 0 Å². The van der Waals surface area contributed by atoms with Crippen molar-refractivity contribution in [3.05, 3.63) is 11.3 Å². The van der Waals surface area contributed by atoms with Gasteiger partial charge in [0.2, 0.25) is 0 Å². The summed E-state index contributed by atoms with van der Waals surface area (Å²) in [5.74, 6) is -1.69. The Hall–Kier alpha value is -1.89. The van der Waals surface area contributed by atoms with E-state index in [1.54, 1.807) is 0 Å². The molecule has 0 aromatic rings. The third-order valence-electron chi connectivity index (χ3n) is 7.50. The second-order valence-electron chi connectivity index (χ2n) is 10.6. The van der Waals surface area contributed by atoms with Gasteiger partial charge in [-0.15, -0.1) is 0 Å². The standard InChI is InChI=1S/C30H53NO6/c1-31-25(24-27(34)37-2)29(35)28(30(31)36)26(33)22-20-18-16-14-12-10-8-6-4-3-5-7-9-11-13-15-17-19-21-23-32/h25,32,35H,3-24H2,1-2H3/t25-/m1/s1. The number of ketones is 1. The molecule has 1 heterocycles. The van der Waals surface area contributed by atoms with Crippen molar-refractivity contribution in [2.24, 2.45) is 0 Å². The summed E-state index contributed by atoms with van der Waals surface area (Å²) in [7, 11) is 2.74. The van der Waals surface area contributed by atoms with Crippen LogP contribution in [0.25, 0.3) is 0 Å². The monoisotopic (exact) mass is 523 g/mol. The quantitative estimate of drug-likeness (QED) is 0.0843. The first-order valence-electron chi connectivity index (χ1n) is 14.8. The number of rotatable bonds is 24. The van der Waals surface area contributed by atoms with Gasteiger partial charge in [0.05, 0.1) is 13.5 Å². The minimum absolute atomic E-state index is 0.158. The second kappa shape index (κ2) is 21.1. The summed E-state index contributed by atoms with van der Waals surface area (Å²) in [5, 5.41) is 19.1. The van der Waals surface area contributed by atoms with Crippen molar-refractivity contribution in [1.29, 1.82) is 0 Å². The average molecular weight is 524 g/mol. The van der Waals surface area contributed by atoms with Gasteiger partial charge in [-0.25, -0.2) is 0 Å². The molecule has 7 heteroatoms. The minimum atomic E-state index is -0.817. The van der Waals surface area contributed by atoms with Crippen LogP contribution in [0.15, 0.2) is 11.3 Å². The van der Waals surface area contributed by atoms with Crippen molar-refractivity contribution >= 4 is 17.7 Å². The van der Waals surface area contributed by atoms with Crippen molar-refractivity contribution in [3.63, 3.8) is 0 Å². The largest absolute Gasteiger partial charge is 0.509 e. The van der Waals surface area contributed by atoms with Gasteiger partial charge < -0.3 is 19.8 Å². The van der Waals surface area contributed by atoms with Gasteiger partial charge >= 0.3 is 5.97 Å². The van der Waals surface area contributed by atoms with Gasteiger partial charge in [-0.2, -0.15) is 0 Å². The molecule has 1 aliphatic heterocycles. The number of carbonyl (C=O) groups excluding carboxylic acids is 3. The molecule has 1 aliphatic rings. The predicted molar refractivity (Wildman–Crippen MR) is 147 cm³/mol. The Morgan fingerprint density at radius 2 is 1.11 bits per heavy atom. The summed E-state index contributed by atoms with van der Waals surface area (Å²) in [6.07, 6.45) is 23.4.